The molecule has 3 rings (SSSR count). The van der Waals surface area contributed by atoms with Crippen molar-refractivity contribution in [3.05, 3.63) is 23.8 Å². The van der Waals surface area contributed by atoms with E-state index in [-0.39, 0.29) is 41.8 Å². The molecule has 1 aromatic carbocycles. The number of rotatable bonds is 3. The third-order valence-corrected chi connectivity index (χ3v) is 5.37. The number of carbonyl (C=O) groups excluding carboxylic acids is 2. The van der Waals surface area contributed by atoms with Gasteiger partial charge < -0.3 is 15.0 Å². The average Bonchev–Trinajstić information content (AvgIpc) is 2.98. The van der Waals surface area contributed by atoms with Gasteiger partial charge in [0.15, 0.2) is 17.7 Å². The molecule has 11 heteroatoms. The third kappa shape index (κ3) is 3.26. The second-order valence-corrected chi connectivity index (χ2v) is 7.34. The number of amides is 2. The second-order valence-electron chi connectivity index (χ2n) is 5.75. The van der Waals surface area contributed by atoms with Crippen molar-refractivity contribution in [3.63, 3.8) is 0 Å². The van der Waals surface area contributed by atoms with Gasteiger partial charge in [0.2, 0.25) is 0 Å². The predicted octanol–water partition coefficient (Wildman–Crippen LogP) is 0.582. The van der Waals surface area contributed by atoms with Gasteiger partial charge in [-0.1, -0.05) is 0 Å². The van der Waals surface area contributed by atoms with E-state index in [0.29, 0.717) is 0 Å². The topological polar surface area (TPSA) is 103 Å². The summed E-state index contributed by atoms with van der Waals surface area (Å²) in [7, 11) is -0.0387. The molecule has 2 N–H and O–H groups in total. The number of anilines is 2. The van der Waals surface area contributed by atoms with E-state index in [9.17, 15) is 22.6 Å². The lowest BCUT2D eigenvalue weighted by atomic mass is 10.2. The zero-order valence-electron chi connectivity index (χ0n) is 13.8. The van der Waals surface area contributed by atoms with Crippen molar-refractivity contribution in [2.45, 2.75) is 6.10 Å². The van der Waals surface area contributed by atoms with Crippen molar-refractivity contribution in [2.75, 3.05) is 42.2 Å². The summed E-state index contributed by atoms with van der Waals surface area (Å²) in [4.78, 5) is 25.7. The van der Waals surface area contributed by atoms with Crippen LogP contribution in [-0.4, -0.2) is 59.8 Å². The molecule has 8 nitrogen and oxygen atoms in total. The molecule has 0 radical (unpaired) electrons. The maximum Gasteiger partial charge on any atom is 0.415 e. The quantitative estimate of drug-likeness (QED) is 0.791. The molecule has 2 aliphatic rings. The van der Waals surface area contributed by atoms with E-state index in [1.54, 1.807) is 0 Å². The first-order valence-electron chi connectivity index (χ1n) is 7.71. The Morgan fingerprint density at radius 2 is 2.04 bits per heavy atom. The summed E-state index contributed by atoms with van der Waals surface area (Å²) in [5.74, 6) is -2.24. The molecule has 1 aromatic rings. The minimum absolute atomic E-state index is 0.0733. The van der Waals surface area contributed by atoms with Crippen LogP contribution in [0.3, 0.4) is 0 Å². The van der Waals surface area contributed by atoms with Gasteiger partial charge in [-0.3, -0.25) is 19.3 Å². The lowest BCUT2D eigenvalue weighted by Crippen LogP contribution is -2.42. The predicted molar refractivity (Wildman–Crippen MR) is 91.0 cm³/mol. The monoisotopic (exact) mass is 386 g/mol. The molecule has 0 saturated carbocycles. The number of ether oxygens (including phenoxy) is 1. The van der Waals surface area contributed by atoms with Gasteiger partial charge in [-0.15, -0.1) is 0 Å². The number of likely N-dealkylation sites (N-methyl/N-ethyl adjacent to an activating group) is 1. The molecule has 2 fully saturated rings. The Hall–Kier alpha value is -2.56. The van der Waals surface area contributed by atoms with Crippen LogP contribution in [0.25, 0.3) is 0 Å². The Labute approximate surface area is 150 Å². The molecule has 2 atom stereocenters. The molecular weight excluding hydrogens is 370 g/mol. The largest absolute Gasteiger partial charge is 0.434 e. The van der Waals surface area contributed by atoms with Gasteiger partial charge in [-0.2, -0.15) is 0 Å². The van der Waals surface area contributed by atoms with E-state index in [0.717, 1.165) is 17.0 Å². The van der Waals surface area contributed by atoms with Crippen molar-refractivity contribution in [3.8, 4) is 0 Å². The van der Waals surface area contributed by atoms with E-state index in [4.69, 9.17) is 10.1 Å². The van der Waals surface area contributed by atoms with E-state index in [1.807, 2.05) is 0 Å². The number of hydrogen-bond acceptors (Lipinski definition) is 6. The van der Waals surface area contributed by atoms with Crippen LogP contribution >= 0.6 is 0 Å². The first-order valence-corrected chi connectivity index (χ1v) is 9.03. The standard InChI is InChI=1S/C15H16F2N4O4S/c1-19-14(22)11-6-21(15(23)25-11)8-4-9(16)13(10(17)5-8)20-2-3-26(24)12(18)7-20/h4-5,11,18H,2-3,6-7H2,1H3,(H,19,22)/t11-,26?/m1/s1. The minimum Gasteiger partial charge on any atom is -0.434 e. The summed E-state index contributed by atoms with van der Waals surface area (Å²) in [5, 5.41) is 9.84. The molecule has 0 aromatic heterocycles. The number of hydrogen-bond donors (Lipinski definition) is 2. The lowest BCUT2D eigenvalue weighted by molar-refractivity contribution is -0.127. The number of carbonyl (C=O) groups is 2. The van der Waals surface area contributed by atoms with Crippen LogP contribution in [0.2, 0.25) is 0 Å². The van der Waals surface area contributed by atoms with Crippen LogP contribution in [0.4, 0.5) is 25.0 Å². The van der Waals surface area contributed by atoms with Crippen LogP contribution in [0, 0.1) is 17.0 Å². The highest BCUT2D eigenvalue weighted by Crippen LogP contribution is 2.31. The van der Waals surface area contributed by atoms with Gasteiger partial charge >= 0.3 is 6.09 Å². The van der Waals surface area contributed by atoms with Crippen LogP contribution in [-0.2, 0) is 20.3 Å². The fourth-order valence-electron chi connectivity index (χ4n) is 2.81. The Kier molecular flexibility index (Phi) is 4.90. The molecule has 2 saturated heterocycles. The summed E-state index contributed by atoms with van der Waals surface area (Å²) in [6, 6.07) is 1.95. The molecule has 2 heterocycles. The molecule has 0 spiro atoms. The van der Waals surface area contributed by atoms with Gasteiger partial charge in [0.25, 0.3) is 5.91 Å². The average molecular weight is 386 g/mol. The van der Waals surface area contributed by atoms with Crippen LogP contribution < -0.4 is 15.1 Å². The lowest BCUT2D eigenvalue weighted by Gasteiger charge is -2.29. The molecule has 0 bridgehead atoms. The molecule has 2 amide bonds. The fourth-order valence-corrected chi connectivity index (χ4v) is 3.75. The maximum atomic E-state index is 14.5. The number of halogens is 2. The van der Waals surface area contributed by atoms with E-state index in [1.165, 1.54) is 11.9 Å². The maximum absolute atomic E-state index is 14.5. The smallest absolute Gasteiger partial charge is 0.415 e. The van der Waals surface area contributed by atoms with E-state index < -0.39 is 40.5 Å². The summed E-state index contributed by atoms with van der Waals surface area (Å²) < 4.78 is 45.5. The number of benzene rings is 1. The van der Waals surface area contributed by atoms with Crippen LogP contribution in [0.15, 0.2) is 12.1 Å². The van der Waals surface area contributed by atoms with Gasteiger partial charge in [0, 0.05) is 31.5 Å². The van der Waals surface area contributed by atoms with Crippen molar-refractivity contribution in [1.29, 1.82) is 5.41 Å². The first-order chi connectivity index (χ1) is 12.3. The zero-order chi connectivity index (χ0) is 19.0. The van der Waals surface area contributed by atoms with E-state index in [2.05, 4.69) is 5.32 Å². The highest BCUT2D eigenvalue weighted by atomic mass is 32.2. The summed E-state index contributed by atoms with van der Waals surface area (Å²) >= 11 is 0. The Bertz CT molecular complexity index is 796. The highest BCUT2D eigenvalue weighted by molar-refractivity contribution is 8.00. The highest BCUT2D eigenvalue weighted by Gasteiger charge is 2.37. The third-order valence-electron chi connectivity index (χ3n) is 4.14. The van der Waals surface area contributed by atoms with Gasteiger partial charge in [-0.05, 0) is 0 Å². The van der Waals surface area contributed by atoms with Crippen molar-refractivity contribution < 1.29 is 27.3 Å². The molecule has 140 valence electrons. The Balaban J connectivity index is 1.86. The Morgan fingerprint density at radius 3 is 2.62 bits per heavy atom. The van der Waals surface area contributed by atoms with Gasteiger partial charge in [-0.25, -0.2) is 13.6 Å². The molecule has 2 aliphatic heterocycles. The fraction of sp³-hybridized carbons (Fsp3) is 0.400. The second kappa shape index (κ2) is 6.98. The van der Waals surface area contributed by atoms with Gasteiger partial charge in [0.1, 0.15) is 10.7 Å². The summed E-state index contributed by atoms with van der Waals surface area (Å²) in [6.45, 7) is -0.152. The number of nitrogens with zero attached hydrogens (tertiary/aromatic N) is 2. The first kappa shape index (κ1) is 18.2. The van der Waals surface area contributed by atoms with Crippen LogP contribution in [0.5, 0.6) is 0 Å². The Morgan fingerprint density at radius 1 is 1.38 bits per heavy atom. The molecule has 0 aliphatic carbocycles. The SMILES string of the molecule is CNC(=O)[C@H]1CN(c2cc(F)c(N3CCS(=O)C(=N)C3)c(F)c2)C(=O)O1. The van der Waals surface area contributed by atoms with Crippen molar-refractivity contribution >= 4 is 39.2 Å². The summed E-state index contributed by atoms with van der Waals surface area (Å²) in [5.41, 5.74) is -0.415. The minimum atomic E-state index is -1.42. The van der Waals surface area contributed by atoms with Crippen LogP contribution in [0.1, 0.15) is 0 Å². The summed E-state index contributed by atoms with van der Waals surface area (Å²) in [6.07, 6.45) is -1.93. The number of nitrogens with one attached hydrogen (secondary N) is 2. The number of cyclic esters (lactones) is 1. The molecular formula is C15H16F2N4O4S. The van der Waals surface area contributed by atoms with E-state index >= 15 is 0 Å². The van der Waals surface area contributed by atoms with Crippen molar-refractivity contribution in [2.24, 2.45) is 0 Å². The molecule has 1 unspecified atom stereocenters. The van der Waals surface area contributed by atoms with Crippen molar-refractivity contribution in [1.82, 2.24) is 5.32 Å². The molecule has 26 heavy (non-hydrogen) atoms. The normalized spacial score (nSPS) is 23.2. The van der Waals surface area contributed by atoms with Gasteiger partial charge in [0.05, 0.1) is 29.6 Å². The zero-order valence-corrected chi connectivity index (χ0v) is 14.6.